The summed E-state index contributed by atoms with van der Waals surface area (Å²) in [4.78, 5) is 10.8. The molecule has 0 saturated carbocycles. The fourth-order valence-electron chi connectivity index (χ4n) is 2.04. The maximum atomic E-state index is 10.8. The number of hydrogen-bond acceptors (Lipinski definition) is 2. The summed E-state index contributed by atoms with van der Waals surface area (Å²) in [6, 6.07) is 0. The maximum absolute atomic E-state index is 10.8. The summed E-state index contributed by atoms with van der Waals surface area (Å²) < 4.78 is 0. The van der Waals surface area contributed by atoms with E-state index in [1.54, 1.807) is 0 Å². The van der Waals surface area contributed by atoms with Gasteiger partial charge in [-0.2, -0.15) is 0 Å². The summed E-state index contributed by atoms with van der Waals surface area (Å²) in [7, 11) is 0. The van der Waals surface area contributed by atoms with E-state index in [-0.39, 0.29) is 11.8 Å². The highest BCUT2D eigenvalue weighted by molar-refractivity contribution is 5.76. The molecule has 1 aliphatic rings. The van der Waals surface area contributed by atoms with Crippen LogP contribution in [0.4, 0.5) is 0 Å². The third kappa shape index (κ3) is 2.85. The van der Waals surface area contributed by atoms with Gasteiger partial charge in [0.1, 0.15) is 0 Å². The van der Waals surface area contributed by atoms with Gasteiger partial charge in [-0.1, -0.05) is 32.4 Å². The van der Waals surface area contributed by atoms with E-state index >= 15 is 0 Å². The van der Waals surface area contributed by atoms with Crippen molar-refractivity contribution in [2.45, 2.75) is 52.6 Å². The number of aliphatic hydroxyl groups is 1. The molecule has 92 valence electrons. The Balaban J connectivity index is 2.75. The Morgan fingerprint density at radius 2 is 2.19 bits per heavy atom. The molecule has 0 amide bonds. The van der Waals surface area contributed by atoms with Gasteiger partial charge in [-0.25, -0.2) is 4.79 Å². The van der Waals surface area contributed by atoms with Crippen molar-refractivity contribution >= 4 is 5.97 Å². The summed E-state index contributed by atoms with van der Waals surface area (Å²) in [5.41, 5.74) is -0.287. The van der Waals surface area contributed by atoms with Crippen LogP contribution >= 0.6 is 0 Å². The third-order valence-electron chi connectivity index (χ3n) is 3.84. The molecule has 3 heteroatoms. The van der Waals surface area contributed by atoms with Crippen molar-refractivity contribution in [3.63, 3.8) is 0 Å². The van der Waals surface area contributed by atoms with Gasteiger partial charge in [-0.3, -0.25) is 0 Å². The van der Waals surface area contributed by atoms with Crippen molar-refractivity contribution in [1.29, 1.82) is 0 Å². The number of rotatable bonds is 3. The van der Waals surface area contributed by atoms with E-state index in [1.165, 1.54) is 6.92 Å². The van der Waals surface area contributed by atoms with Gasteiger partial charge >= 0.3 is 5.97 Å². The Morgan fingerprint density at radius 3 is 2.62 bits per heavy atom. The Kier molecular flexibility index (Phi) is 3.48. The minimum absolute atomic E-state index is 0.239. The molecule has 0 fully saturated rings. The zero-order valence-corrected chi connectivity index (χ0v) is 10.6. The number of aliphatic carboxylic acids is 1. The van der Waals surface area contributed by atoms with E-state index in [2.05, 4.69) is 26.8 Å². The van der Waals surface area contributed by atoms with Gasteiger partial charge < -0.3 is 10.2 Å². The van der Waals surface area contributed by atoms with Gasteiger partial charge in [0.25, 0.3) is 0 Å². The smallest absolute Gasteiger partial charge is 0.335 e. The molecule has 0 spiro atoms. The number of carboxylic acids is 1. The first kappa shape index (κ1) is 13.2. The molecule has 0 bridgehead atoms. The summed E-state index contributed by atoms with van der Waals surface area (Å²) in [5, 5.41) is 18.6. The van der Waals surface area contributed by atoms with Crippen LogP contribution in [0.25, 0.3) is 0 Å². The molecule has 0 radical (unpaired) electrons. The van der Waals surface area contributed by atoms with Crippen molar-refractivity contribution in [1.82, 2.24) is 0 Å². The number of hydrogen-bond donors (Lipinski definition) is 2. The number of allylic oxidation sites excluding steroid dienone is 1. The average Bonchev–Trinajstić information content (AvgIpc) is 2.11. The lowest BCUT2D eigenvalue weighted by molar-refractivity contribution is -0.156. The van der Waals surface area contributed by atoms with E-state index in [0.29, 0.717) is 5.92 Å². The Hall–Kier alpha value is -0.830. The highest BCUT2D eigenvalue weighted by atomic mass is 16.4. The molecule has 0 saturated heterocycles. The predicted octanol–water partition coefficient (Wildman–Crippen LogP) is 2.59. The van der Waals surface area contributed by atoms with Crippen LogP contribution in [0.5, 0.6) is 0 Å². The van der Waals surface area contributed by atoms with E-state index in [4.69, 9.17) is 5.11 Å². The van der Waals surface area contributed by atoms with Crippen molar-refractivity contribution in [3.8, 4) is 0 Å². The van der Waals surface area contributed by atoms with Crippen molar-refractivity contribution in [2.75, 3.05) is 0 Å². The van der Waals surface area contributed by atoms with Crippen LogP contribution in [0.2, 0.25) is 0 Å². The molecule has 2 atom stereocenters. The van der Waals surface area contributed by atoms with Gasteiger partial charge in [0.05, 0.1) is 0 Å². The van der Waals surface area contributed by atoms with Crippen LogP contribution in [0, 0.1) is 11.3 Å². The summed E-state index contributed by atoms with van der Waals surface area (Å²) in [6.45, 7) is 7.95. The van der Waals surface area contributed by atoms with Crippen LogP contribution in [0.3, 0.4) is 0 Å². The highest BCUT2D eigenvalue weighted by Gasteiger charge is 2.34. The second kappa shape index (κ2) is 4.21. The van der Waals surface area contributed by atoms with Crippen molar-refractivity contribution < 1.29 is 15.0 Å². The molecule has 0 aliphatic heterocycles. The van der Waals surface area contributed by atoms with Gasteiger partial charge in [-0.15, -0.1) is 0 Å². The largest absolute Gasteiger partial charge is 0.479 e. The topological polar surface area (TPSA) is 57.5 Å². The molecule has 0 aromatic heterocycles. The van der Waals surface area contributed by atoms with E-state index in [0.717, 1.165) is 18.4 Å². The van der Waals surface area contributed by atoms with Crippen molar-refractivity contribution in [2.24, 2.45) is 11.3 Å². The monoisotopic (exact) mass is 226 g/mol. The number of carboxylic acid groups (broad SMARTS) is 1. The zero-order valence-electron chi connectivity index (χ0n) is 10.6. The molecule has 3 nitrogen and oxygen atoms in total. The average molecular weight is 226 g/mol. The fourth-order valence-corrected chi connectivity index (χ4v) is 2.04. The second-order valence-corrected chi connectivity index (χ2v) is 5.86. The third-order valence-corrected chi connectivity index (χ3v) is 3.84. The fraction of sp³-hybridized carbons (Fsp3) is 0.769. The first-order chi connectivity index (χ1) is 7.15. The first-order valence-corrected chi connectivity index (χ1v) is 5.80. The van der Waals surface area contributed by atoms with Gasteiger partial charge in [-0.05, 0) is 31.1 Å². The minimum Gasteiger partial charge on any atom is -0.479 e. The Bertz CT molecular complexity index is 313. The second-order valence-electron chi connectivity index (χ2n) is 5.86. The molecule has 1 aliphatic carbocycles. The van der Waals surface area contributed by atoms with E-state index < -0.39 is 11.6 Å². The van der Waals surface area contributed by atoms with Crippen LogP contribution in [-0.4, -0.2) is 21.8 Å². The summed E-state index contributed by atoms with van der Waals surface area (Å²) in [6.07, 6.45) is 4.31. The molecule has 0 aromatic rings. The lowest BCUT2D eigenvalue weighted by Crippen LogP contribution is -2.36. The zero-order chi connectivity index (χ0) is 12.6. The lowest BCUT2D eigenvalue weighted by atomic mass is 9.70. The molecule has 0 aromatic carbocycles. The summed E-state index contributed by atoms with van der Waals surface area (Å²) in [5.74, 6) is -0.716. The molecule has 2 N–H and O–H groups in total. The predicted molar refractivity (Wildman–Crippen MR) is 63.1 cm³/mol. The normalized spacial score (nSPS) is 28.1. The standard InChI is InChI=1S/C13H22O3/c1-9-7-10(5-6-12(9,2)3)8-13(4,16)11(14)15/h7,9,16H,5-6,8H2,1-4H3,(H,14,15). The van der Waals surface area contributed by atoms with Gasteiger partial charge in [0, 0.05) is 6.42 Å². The summed E-state index contributed by atoms with van der Waals surface area (Å²) >= 11 is 0. The molecule has 1 rings (SSSR count). The van der Waals surface area contributed by atoms with Crippen LogP contribution in [0.15, 0.2) is 11.6 Å². The quantitative estimate of drug-likeness (QED) is 0.727. The molecular formula is C13H22O3. The van der Waals surface area contributed by atoms with E-state index in [9.17, 15) is 9.90 Å². The Morgan fingerprint density at radius 1 is 1.62 bits per heavy atom. The lowest BCUT2D eigenvalue weighted by Gasteiger charge is -2.36. The van der Waals surface area contributed by atoms with Gasteiger partial charge in [0.15, 0.2) is 5.60 Å². The maximum Gasteiger partial charge on any atom is 0.335 e. The molecule has 2 unspecified atom stereocenters. The Labute approximate surface area is 97.2 Å². The molecule has 16 heavy (non-hydrogen) atoms. The first-order valence-electron chi connectivity index (χ1n) is 5.80. The van der Waals surface area contributed by atoms with E-state index in [1.807, 2.05) is 0 Å². The highest BCUT2D eigenvalue weighted by Crippen LogP contribution is 2.40. The molecular weight excluding hydrogens is 204 g/mol. The molecule has 0 heterocycles. The van der Waals surface area contributed by atoms with Crippen LogP contribution in [-0.2, 0) is 4.79 Å². The van der Waals surface area contributed by atoms with Crippen molar-refractivity contribution in [3.05, 3.63) is 11.6 Å². The van der Waals surface area contributed by atoms with Crippen LogP contribution < -0.4 is 0 Å². The van der Waals surface area contributed by atoms with Gasteiger partial charge in [0.2, 0.25) is 0 Å². The minimum atomic E-state index is -1.63. The number of carbonyl (C=O) groups is 1. The van der Waals surface area contributed by atoms with Crippen LogP contribution in [0.1, 0.15) is 47.0 Å². The SMILES string of the molecule is CC1C=C(CC(C)(O)C(=O)O)CCC1(C)C.